The lowest BCUT2D eigenvalue weighted by atomic mass is 9.84. The molecule has 6 bridgehead atoms. The van der Waals surface area contributed by atoms with Crippen molar-refractivity contribution in [3.63, 3.8) is 0 Å². The fourth-order valence-electron chi connectivity index (χ4n) is 9.96. The second-order valence-corrected chi connectivity index (χ2v) is 20.6. The molecule has 0 aliphatic carbocycles. The minimum Gasteiger partial charge on any atom is -0.464 e. The summed E-state index contributed by atoms with van der Waals surface area (Å²) in [4.78, 5) is 84.9. The number of hydrogen-bond donors (Lipinski definition) is 3. The van der Waals surface area contributed by atoms with Crippen molar-refractivity contribution in [3.8, 4) is 22.5 Å². The number of urea groups is 1. The van der Waals surface area contributed by atoms with Gasteiger partial charge in [-0.3, -0.25) is 29.2 Å². The van der Waals surface area contributed by atoms with Crippen LogP contribution >= 0.6 is 11.3 Å². The zero-order valence-corrected chi connectivity index (χ0v) is 41.1. The van der Waals surface area contributed by atoms with Crippen molar-refractivity contribution < 1.29 is 33.4 Å². The summed E-state index contributed by atoms with van der Waals surface area (Å²) in [5.74, 6) is -1.63. The van der Waals surface area contributed by atoms with Crippen LogP contribution in [0.5, 0.6) is 0 Å². The van der Waals surface area contributed by atoms with Crippen LogP contribution in [0, 0.1) is 11.3 Å². The number of pyridine rings is 1. The fourth-order valence-corrected chi connectivity index (χ4v) is 10.8. The molecule has 3 aromatic heterocycles. The third-order valence-corrected chi connectivity index (χ3v) is 14.5. The Bertz CT molecular complexity index is 2520. The average molecular weight is 939 g/mol. The summed E-state index contributed by atoms with van der Waals surface area (Å²) < 4.78 is 14.3. The second kappa shape index (κ2) is 19.7. The molecular weight excluding hydrogens is 873 g/mol. The summed E-state index contributed by atoms with van der Waals surface area (Å²) in [5.41, 5.74) is 9.28. The van der Waals surface area contributed by atoms with Gasteiger partial charge in [0.15, 0.2) is 0 Å². The highest BCUT2D eigenvalue weighted by Gasteiger charge is 2.42. The molecule has 1 unspecified atom stereocenters. The molecule has 3 saturated heterocycles. The van der Waals surface area contributed by atoms with E-state index in [1.165, 1.54) is 21.2 Å². The number of amides is 5. The maximum absolute atomic E-state index is 14.7. The Balaban J connectivity index is 1.13. The number of methoxy groups -OCH3 is 1. The van der Waals surface area contributed by atoms with E-state index in [1.807, 2.05) is 39.1 Å². The third-order valence-electron chi connectivity index (χ3n) is 13.7. The summed E-state index contributed by atoms with van der Waals surface area (Å²) >= 11 is 1.41. The Morgan fingerprint density at radius 2 is 1.90 bits per heavy atom. The standard InChI is InChI=1S/C49H66N10O7S/c1-10-57-39-16-15-31-21-33(39)34(43(57)32-13-11-17-50-41(32)30(5)65-9)23-49(6,7)27-66-47(63)35-14-12-18-59(54-35)46(62)36(22-40-52-38(31)26-67-40)53-44(60)42(28(2)3)55(8)48(64)58-20-19-56(25-29(58)4)45(61)37-24-51-37/h11,13,15-17,21,26,28-30,35-37,42,51,54H,10,12,14,18-20,22-25,27H2,1-9H3,(H,53,60)/t29-,30+,35+,36+,37-,42?/m1/s1. The molecule has 0 radical (unpaired) electrons. The number of rotatable bonds is 9. The second-order valence-electron chi connectivity index (χ2n) is 19.6. The van der Waals surface area contributed by atoms with E-state index in [0.29, 0.717) is 63.5 Å². The number of likely N-dealkylation sites (N-methyl/N-ethyl adjacent to an activating group) is 1. The largest absolute Gasteiger partial charge is 0.464 e. The van der Waals surface area contributed by atoms with Crippen LogP contribution in [-0.2, 0) is 48.0 Å². The molecule has 3 N–H and O–H groups in total. The molecule has 360 valence electrons. The van der Waals surface area contributed by atoms with E-state index in [4.69, 9.17) is 19.4 Å². The number of aromatic nitrogens is 3. The normalized spacial score (nSPS) is 23.1. The Morgan fingerprint density at radius 3 is 2.60 bits per heavy atom. The van der Waals surface area contributed by atoms with Crippen LogP contribution in [0.2, 0.25) is 0 Å². The van der Waals surface area contributed by atoms with Gasteiger partial charge in [0.05, 0.1) is 40.8 Å². The SMILES string of the molecule is CCn1c(-c2cccnc2[C@H](C)OC)c2c3cc(ccc31)-c1csc(n1)C[C@H](NC(=O)C(C(C)C)N(C)C(=O)N1CCN(C(=O)[C@H]3CN3)C[C@H]1C)C(=O)N1CCC[C@H](N1)C(=O)OCC(C)(C)C2. The average Bonchev–Trinajstić information content (AvgIpc) is 3.99. The number of piperazine rings is 1. The zero-order chi connectivity index (χ0) is 47.9. The van der Waals surface area contributed by atoms with Crippen molar-refractivity contribution in [3.05, 3.63) is 58.2 Å². The van der Waals surface area contributed by atoms with Crippen molar-refractivity contribution in [2.75, 3.05) is 53.5 Å². The Kier molecular flexibility index (Phi) is 14.1. The van der Waals surface area contributed by atoms with Crippen molar-refractivity contribution >= 4 is 52.0 Å². The number of thiazole rings is 1. The highest BCUT2D eigenvalue weighted by atomic mass is 32.1. The number of ether oxygens (including phenoxy) is 2. The number of nitrogens with zero attached hydrogens (tertiary/aromatic N) is 7. The first-order valence-electron chi connectivity index (χ1n) is 23.7. The minimum atomic E-state index is -1.08. The van der Waals surface area contributed by atoms with Gasteiger partial charge in [0, 0.05) is 105 Å². The highest BCUT2D eigenvalue weighted by Crippen LogP contribution is 2.42. The first-order chi connectivity index (χ1) is 32.0. The molecule has 4 aromatic rings. The van der Waals surface area contributed by atoms with Gasteiger partial charge in [-0.15, -0.1) is 11.3 Å². The van der Waals surface area contributed by atoms with Gasteiger partial charge < -0.3 is 39.4 Å². The van der Waals surface area contributed by atoms with Crippen LogP contribution in [0.15, 0.2) is 41.9 Å². The molecule has 4 aliphatic heterocycles. The van der Waals surface area contributed by atoms with Crippen LogP contribution in [0.4, 0.5) is 4.79 Å². The van der Waals surface area contributed by atoms with Crippen molar-refractivity contribution in [2.24, 2.45) is 11.3 Å². The molecule has 3 fully saturated rings. The number of carbonyl (C=O) groups is 5. The molecule has 18 heteroatoms. The van der Waals surface area contributed by atoms with E-state index in [9.17, 15) is 24.0 Å². The number of hydrazine groups is 1. The maximum atomic E-state index is 14.7. The van der Waals surface area contributed by atoms with Crippen molar-refractivity contribution in [2.45, 2.75) is 117 Å². The fraction of sp³-hybridized carbons (Fsp3) is 0.571. The predicted octanol–water partition coefficient (Wildman–Crippen LogP) is 4.78. The third kappa shape index (κ3) is 9.94. The number of carbonyl (C=O) groups excluding carboxylic acids is 5. The van der Waals surface area contributed by atoms with Crippen molar-refractivity contribution in [1.29, 1.82) is 0 Å². The number of fused-ring (bicyclic) bond motifs is 6. The first-order valence-corrected chi connectivity index (χ1v) is 24.6. The van der Waals surface area contributed by atoms with Crippen LogP contribution in [0.3, 0.4) is 0 Å². The quantitative estimate of drug-likeness (QED) is 0.155. The lowest BCUT2D eigenvalue weighted by Crippen LogP contribution is -2.63. The van der Waals surface area contributed by atoms with E-state index < -0.39 is 41.3 Å². The Morgan fingerprint density at radius 1 is 1.12 bits per heavy atom. The maximum Gasteiger partial charge on any atom is 0.324 e. The molecule has 0 spiro atoms. The summed E-state index contributed by atoms with van der Waals surface area (Å²) in [6.45, 7) is 16.9. The van der Waals surface area contributed by atoms with E-state index >= 15 is 0 Å². The van der Waals surface area contributed by atoms with Gasteiger partial charge >= 0.3 is 12.0 Å². The predicted molar refractivity (Wildman–Crippen MR) is 256 cm³/mol. The number of benzene rings is 1. The number of cyclic esters (lactones) is 1. The van der Waals surface area contributed by atoms with Crippen LogP contribution in [0.25, 0.3) is 33.4 Å². The van der Waals surface area contributed by atoms with E-state index in [-0.39, 0.29) is 49.1 Å². The van der Waals surface area contributed by atoms with Crippen LogP contribution < -0.4 is 16.1 Å². The van der Waals surface area contributed by atoms with Gasteiger partial charge in [0.25, 0.3) is 5.91 Å². The smallest absolute Gasteiger partial charge is 0.324 e. The monoisotopic (exact) mass is 938 g/mol. The van der Waals surface area contributed by atoms with Gasteiger partial charge in [0.2, 0.25) is 11.8 Å². The summed E-state index contributed by atoms with van der Waals surface area (Å²) in [7, 11) is 3.30. The number of aryl methyl sites for hydroxylation is 1. The lowest BCUT2D eigenvalue weighted by Gasteiger charge is -2.43. The van der Waals surface area contributed by atoms with Gasteiger partial charge in [-0.05, 0) is 75.8 Å². The van der Waals surface area contributed by atoms with Crippen molar-refractivity contribution in [1.82, 2.24) is 50.3 Å². The van der Waals surface area contributed by atoms with E-state index in [0.717, 1.165) is 44.7 Å². The summed E-state index contributed by atoms with van der Waals surface area (Å²) in [6, 6.07) is 6.88. The van der Waals surface area contributed by atoms with Crippen LogP contribution in [-0.4, -0.2) is 148 Å². The summed E-state index contributed by atoms with van der Waals surface area (Å²) in [6.07, 6.45) is 3.20. The number of hydrogen-bond acceptors (Lipinski definition) is 12. The molecule has 4 aliphatic rings. The van der Waals surface area contributed by atoms with Gasteiger partial charge in [0.1, 0.15) is 18.1 Å². The molecule has 67 heavy (non-hydrogen) atoms. The van der Waals surface area contributed by atoms with Gasteiger partial charge in [-0.2, -0.15) is 0 Å². The lowest BCUT2D eigenvalue weighted by molar-refractivity contribution is -0.155. The first kappa shape index (κ1) is 48.0. The molecule has 1 aromatic carbocycles. The summed E-state index contributed by atoms with van der Waals surface area (Å²) in [5, 5.41) is 11.2. The van der Waals surface area contributed by atoms with E-state index in [1.54, 1.807) is 30.2 Å². The van der Waals surface area contributed by atoms with Gasteiger partial charge in [-0.1, -0.05) is 33.8 Å². The molecule has 7 heterocycles. The molecule has 0 saturated carbocycles. The molecule has 17 nitrogen and oxygen atoms in total. The molecular formula is C49H66N10O7S. The van der Waals surface area contributed by atoms with Gasteiger partial charge in [-0.25, -0.2) is 15.2 Å². The highest BCUT2D eigenvalue weighted by molar-refractivity contribution is 7.10. The Labute approximate surface area is 396 Å². The van der Waals surface area contributed by atoms with E-state index in [2.05, 4.69) is 65.7 Å². The Hall–Kier alpha value is -5.43. The molecule has 5 amide bonds. The molecule has 6 atom stereocenters. The minimum absolute atomic E-state index is 0.0448. The number of nitrogens with one attached hydrogen (secondary N) is 3. The van der Waals surface area contributed by atoms with Crippen LogP contribution in [0.1, 0.15) is 83.7 Å². The topological polar surface area (TPSA) is 193 Å². The molecule has 8 rings (SSSR count). The number of esters is 1. The zero-order valence-electron chi connectivity index (χ0n) is 40.3.